The van der Waals surface area contributed by atoms with E-state index in [9.17, 15) is 13.2 Å². The topological polar surface area (TPSA) is 87.3 Å². The van der Waals surface area contributed by atoms with E-state index in [0.29, 0.717) is 5.92 Å². The highest BCUT2D eigenvalue weighted by Crippen LogP contribution is 2.24. The van der Waals surface area contributed by atoms with Gasteiger partial charge in [-0.1, -0.05) is 31.2 Å². The molecular formula is C18H21N3O3S2. The third-order valence-electron chi connectivity index (χ3n) is 4.23. The number of sulfonamides is 1. The zero-order valence-corrected chi connectivity index (χ0v) is 16.0. The minimum Gasteiger partial charge on any atom is -0.303 e. The van der Waals surface area contributed by atoms with Gasteiger partial charge in [0.2, 0.25) is 0 Å². The summed E-state index contributed by atoms with van der Waals surface area (Å²) in [5, 5.41) is 1.69. The lowest BCUT2D eigenvalue weighted by molar-refractivity contribution is 0.0937. The van der Waals surface area contributed by atoms with Crippen LogP contribution in [0, 0.1) is 5.92 Å². The third kappa shape index (κ3) is 4.25. The lowest BCUT2D eigenvalue weighted by Gasteiger charge is -2.22. The molecule has 1 aliphatic carbocycles. The Kier molecular flexibility index (Phi) is 5.63. The lowest BCUT2D eigenvalue weighted by atomic mass is 9.94. The molecule has 8 heteroatoms. The van der Waals surface area contributed by atoms with Gasteiger partial charge < -0.3 is 5.43 Å². The Balaban J connectivity index is 1.74. The number of hydrogen-bond donors (Lipinski definition) is 3. The molecular weight excluding hydrogens is 370 g/mol. The van der Waals surface area contributed by atoms with Crippen LogP contribution in [0.25, 0.3) is 0 Å². The number of para-hydroxylation sites is 1. The number of carbonyl (C=O) groups is 1. The number of hydrazine groups is 1. The summed E-state index contributed by atoms with van der Waals surface area (Å²) in [4.78, 5) is 12.6. The first-order valence-corrected chi connectivity index (χ1v) is 10.8. The molecule has 1 heterocycles. The van der Waals surface area contributed by atoms with E-state index in [1.807, 2.05) is 0 Å². The molecule has 0 saturated carbocycles. The van der Waals surface area contributed by atoms with E-state index in [0.717, 1.165) is 36.3 Å². The Labute approximate surface area is 157 Å². The molecule has 0 radical (unpaired) electrons. The number of anilines is 1. The van der Waals surface area contributed by atoms with Gasteiger partial charge in [-0.15, -0.1) is 11.3 Å². The molecule has 3 N–H and O–H groups in total. The SMILES string of the molecule is C[C@H]1CCCC=C1NNC(=O)c1ccccc1NS(=O)(=O)c1cccs1. The molecule has 1 aliphatic rings. The van der Waals surface area contributed by atoms with Crippen LogP contribution in [0.3, 0.4) is 0 Å². The van der Waals surface area contributed by atoms with Gasteiger partial charge in [0, 0.05) is 5.70 Å². The number of hydrogen-bond acceptors (Lipinski definition) is 5. The van der Waals surface area contributed by atoms with E-state index in [2.05, 4.69) is 28.6 Å². The maximum absolute atomic E-state index is 12.6. The average molecular weight is 392 g/mol. The fourth-order valence-corrected chi connectivity index (χ4v) is 4.86. The van der Waals surface area contributed by atoms with Gasteiger partial charge in [0.1, 0.15) is 4.21 Å². The Bertz CT molecular complexity index is 906. The molecule has 0 saturated heterocycles. The van der Waals surface area contributed by atoms with Crippen LogP contribution in [0.4, 0.5) is 5.69 Å². The van der Waals surface area contributed by atoms with Crippen LogP contribution in [0.1, 0.15) is 36.5 Å². The van der Waals surface area contributed by atoms with Gasteiger partial charge in [0.15, 0.2) is 0 Å². The van der Waals surface area contributed by atoms with Gasteiger partial charge in [-0.25, -0.2) is 8.42 Å². The fourth-order valence-electron chi connectivity index (χ4n) is 2.79. The van der Waals surface area contributed by atoms with Crippen molar-refractivity contribution in [3.63, 3.8) is 0 Å². The summed E-state index contributed by atoms with van der Waals surface area (Å²) in [6.45, 7) is 2.10. The minimum atomic E-state index is -3.71. The predicted molar refractivity (Wildman–Crippen MR) is 103 cm³/mol. The molecule has 0 unspecified atom stereocenters. The second kappa shape index (κ2) is 7.92. The van der Waals surface area contributed by atoms with Crippen LogP contribution in [0.2, 0.25) is 0 Å². The van der Waals surface area contributed by atoms with E-state index in [1.165, 1.54) is 6.07 Å². The van der Waals surface area contributed by atoms with Crippen molar-refractivity contribution < 1.29 is 13.2 Å². The summed E-state index contributed by atoms with van der Waals surface area (Å²) in [6.07, 6.45) is 5.29. The molecule has 1 aromatic carbocycles. The highest BCUT2D eigenvalue weighted by molar-refractivity contribution is 7.94. The Hall–Kier alpha value is -2.32. The molecule has 3 rings (SSSR count). The number of amides is 1. The molecule has 6 nitrogen and oxygen atoms in total. The molecule has 1 atom stereocenters. The van der Waals surface area contributed by atoms with Crippen molar-refractivity contribution in [2.45, 2.75) is 30.4 Å². The average Bonchev–Trinajstić information content (AvgIpc) is 3.17. The Morgan fingerprint density at radius 3 is 2.73 bits per heavy atom. The number of rotatable bonds is 6. The molecule has 0 bridgehead atoms. The molecule has 2 aromatic rings. The molecule has 0 aliphatic heterocycles. The second-order valence-corrected chi connectivity index (χ2v) is 9.01. The zero-order valence-electron chi connectivity index (χ0n) is 14.4. The van der Waals surface area contributed by atoms with Crippen molar-refractivity contribution in [3.8, 4) is 0 Å². The van der Waals surface area contributed by atoms with Gasteiger partial charge in [0.25, 0.3) is 15.9 Å². The standard InChI is InChI=1S/C18H21N3O3S2/c1-13-7-2-4-9-15(13)19-20-18(22)14-8-3-5-10-16(14)21-26(23,24)17-11-6-12-25-17/h3,5-6,8-13,19,21H,2,4,7H2,1H3,(H,20,22)/t13-/m0/s1. The van der Waals surface area contributed by atoms with Gasteiger partial charge in [0.05, 0.1) is 11.3 Å². The van der Waals surface area contributed by atoms with E-state index in [4.69, 9.17) is 0 Å². The summed E-state index contributed by atoms with van der Waals surface area (Å²) in [7, 11) is -3.71. The molecule has 1 aromatic heterocycles. The number of carbonyl (C=O) groups excluding carboxylic acids is 1. The summed E-state index contributed by atoms with van der Waals surface area (Å²) in [5.74, 6) is -0.0372. The molecule has 138 valence electrons. The van der Waals surface area contributed by atoms with Crippen molar-refractivity contribution in [3.05, 3.63) is 59.1 Å². The summed E-state index contributed by atoms with van der Waals surface area (Å²) < 4.78 is 27.6. The van der Waals surface area contributed by atoms with Crippen molar-refractivity contribution in [1.82, 2.24) is 10.9 Å². The minimum absolute atomic E-state index is 0.201. The van der Waals surface area contributed by atoms with Gasteiger partial charge in [-0.3, -0.25) is 14.9 Å². The molecule has 0 fully saturated rings. The van der Waals surface area contributed by atoms with E-state index in [1.54, 1.807) is 35.7 Å². The van der Waals surface area contributed by atoms with Crippen LogP contribution in [-0.4, -0.2) is 14.3 Å². The summed E-state index contributed by atoms with van der Waals surface area (Å²) in [6, 6.07) is 9.72. The quantitative estimate of drug-likeness (QED) is 0.658. The monoisotopic (exact) mass is 391 g/mol. The zero-order chi connectivity index (χ0) is 18.6. The first kappa shape index (κ1) is 18.5. The van der Waals surface area contributed by atoms with E-state index < -0.39 is 15.9 Å². The third-order valence-corrected chi connectivity index (χ3v) is 7.00. The molecule has 26 heavy (non-hydrogen) atoms. The normalized spacial score (nSPS) is 17.3. The van der Waals surface area contributed by atoms with Crippen molar-refractivity contribution in [2.24, 2.45) is 5.92 Å². The number of thiophene rings is 1. The Morgan fingerprint density at radius 2 is 2.00 bits per heavy atom. The maximum atomic E-state index is 12.6. The van der Waals surface area contributed by atoms with Crippen LogP contribution in [0.5, 0.6) is 0 Å². The largest absolute Gasteiger partial charge is 0.303 e. The van der Waals surface area contributed by atoms with E-state index in [-0.39, 0.29) is 15.5 Å². The molecule has 0 spiro atoms. The van der Waals surface area contributed by atoms with E-state index >= 15 is 0 Å². The van der Waals surface area contributed by atoms with Gasteiger partial charge in [-0.2, -0.15) is 0 Å². The highest BCUT2D eigenvalue weighted by atomic mass is 32.2. The van der Waals surface area contributed by atoms with Crippen molar-refractivity contribution in [1.29, 1.82) is 0 Å². The summed E-state index contributed by atoms with van der Waals surface area (Å²) >= 11 is 1.12. The van der Waals surface area contributed by atoms with Crippen LogP contribution < -0.4 is 15.6 Å². The van der Waals surface area contributed by atoms with Gasteiger partial charge in [-0.05, 0) is 48.8 Å². The van der Waals surface area contributed by atoms with Crippen LogP contribution >= 0.6 is 11.3 Å². The van der Waals surface area contributed by atoms with Crippen molar-refractivity contribution in [2.75, 3.05) is 4.72 Å². The number of nitrogens with one attached hydrogen (secondary N) is 3. The first-order chi connectivity index (χ1) is 12.5. The smallest absolute Gasteiger partial charge is 0.271 e. The first-order valence-electron chi connectivity index (χ1n) is 8.39. The number of benzene rings is 1. The maximum Gasteiger partial charge on any atom is 0.271 e. The Morgan fingerprint density at radius 1 is 1.19 bits per heavy atom. The predicted octanol–water partition coefficient (Wildman–Crippen LogP) is 3.49. The number of allylic oxidation sites excluding steroid dienone is 2. The fraction of sp³-hybridized carbons (Fsp3) is 0.278. The van der Waals surface area contributed by atoms with Crippen molar-refractivity contribution >= 4 is 33.0 Å². The summed E-state index contributed by atoms with van der Waals surface area (Å²) in [5.41, 5.74) is 7.13. The van der Waals surface area contributed by atoms with Crippen LogP contribution in [-0.2, 0) is 10.0 Å². The second-order valence-electron chi connectivity index (χ2n) is 6.15. The lowest BCUT2D eigenvalue weighted by Crippen LogP contribution is -2.39. The molecule has 1 amide bonds. The van der Waals surface area contributed by atoms with Crippen LogP contribution in [0.15, 0.2) is 57.8 Å². The van der Waals surface area contributed by atoms with Gasteiger partial charge >= 0.3 is 0 Å². The highest BCUT2D eigenvalue weighted by Gasteiger charge is 2.20.